The molecule has 2 N–H and O–H groups in total. The average Bonchev–Trinajstić information content (AvgIpc) is 2.95. The minimum atomic E-state index is -1.20. The number of aromatic nitrogens is 1. The second kappa shape index (κ2) is 4.29. The SMILES string of the molecule is O=C(O)c1cnc(NC(=O)[C@@H]2C[C@@H]2F)cc1Cl. The van der Waals surface area contributed by atoms with Crippen LogP contribution in [0, 0.1) is 5.92 Å². The number of carboxylic acids is 1. The summed E-state index contributed by atoms with van der Waals surface area (Å²) in [4.78, 5) is 25.7. The lowest BCUT2D eigenvalue weighted by Gasteiger charge is -2.04. The number of carbonyl (C=O) groups excluding carboxylic acids is 1. The van der Waals surface area contributed by atoms with Gasteiger partial charge in [0, 0.05) is 12.3 Å². The van der Waals surface area contributed by atoms with E-state index in [4.69, 9.17) is 16.7 Å². The molecule has 0 saturated heterocycles. The van der Waals surface area contributed by atoms with Crippen LogP contribution in [0.4, 0.5) is 10.2 Å². The number of aromatic carboxylic acids is 1. The highest BCUT2D eigenvalue weighted by molar-refractivity contribution is 6.33. The number of hydrogen-bond acceptors (Lipinski definition) is 3. The molecule has 90 valence electrons. The van der Waals surface area contributed by atoms with Crippen molar-refractivity contribution in [3.8, 4) is 0 Å². The Labute approximate surface area is 101 Å². The van der Waals surface area contributed by atoms with Crippen LogP contribution in [-0.2, 0) is 4.79 Å². The third kappa shape index (κ3) is 2.52. The quantitative estimate of drug-likeness (QED) is 0.865. The molecule has 1 aromatic heterocycles. The van der Waals surface area contributed by atoms with Gasteiger partial charge in [0.2, 0.25) is 5.91 Å². The third-order valence-corrected chi connectivity index (χ3v) is 2.70. The molecule has 1 heterocycles. The number of alkyl halides is 1. The first-order valence-electron chi connectivity index (χ1n) is 4.83. The Balaban J connectivity index is 2.10. The lowest BCUT2D eigenvalue weighted by Crippen LogP contribution is -2.16. The fourth-order valence-electron chi connectivity index (χ4n) is 1.31. The Morgan fingerprint density at radius 1 is 1.59 bits per heavy atom. The van der Waals surface area contributed by atoms with Crippen molar-refractivity contribution in [1.29, 1.82) is 0 Å². The van der Waals surface area contributed by atoms with Crippen molar-refractivity contribution in [1.82, 2.24) is 4.98 Å². The summed E-state index contributed by atoms with van der Waals surface area (Å²) in [7, 11) is 0. The van der Waals surface area contributed by atoms with E-state index in [2.05, 4.69) is 10.3 Å². The van der Waals surface area contributed by atoms with Crippen molar-refractivity contribution < 1.29 is 19.1 Å². The normalized spacial score (nSPS) is 22.0. The van der Waals surface area contributed by atoms with E-state index in [0.29, 0.717) is 0 Å². The first-order valence-corrected chi connectivity index (χ1v) is 5.20. The van der Waals surface area contributed by atoms with Gasteiger partial charge in [0.15, 0.2) is 0 Å². The highest BCUT2D eigenvalue weighted by Gasteiger charge is 2.43. The fraction of sp³-hybridized carbons (Fsp3) is 0.300. The number of halogens is 2. The summed E-state index contributed by atoms with van der Waals surface area (Å²) in [6, 6.07) is 1.22. The molecule has 0 aromatic carbocycles. The van der Waals surface area contributed by atoms with Crippen LogP contribution in [0.5, 0.6) is 0 Å². The zero-order valence-corrected chi connectivity index (χ0v) is 9.24. The molecule has 0 bridgehead atoms. The smallest absolute Gasteiger partial charge is 0.338 e. The average molecular weight is 259 g/mol. The number of pyridine rings is 1. The van der Waals surface area contributed by atoms with Gasteiger partial charge in [0.25, 0.3) is 0 Å². The van der Waals surface area contributed by atoms with E-state index in [9.17, 15) is 14.0 Å². The number of nitrogens with zero attached hydrogens (tertiary/aromatic N) is 1. The number of amides is 1. The van der Waals surface area contributed by atoms with Crippen LogP contribution in [0.2, 0.25) is 5.02 Å². The van der Waals surface area contributed by atoms with Gasteiger partial charge in [-0.25, -0.2) is 14.2 Å². The number of carboxylic acid groups (broad SMARTS) is 1. The van der Waals surface area contributed by atoms with Crippen molar-refractivity contribution in [2.45, 2.75) is 12.6 Å². The number of anilines is 1. The molecule has 7 heteroatoms. The molecule has 17 heavy (non-hydrogen) atoms. The van der Waals surface area contributed by atoms with Gasteiger partial charge in [-0.15, -0.1) is 0 Å². The first-order chi connectivity index (χ1) is 7.99. The fourth-order valence-corrected chi connectivity index (χ4v) is 1.54. The van der Waals surface area contributed by atoms with Crippen LogP contribution >= 0.6 is 11.6 Å². The molecule has 1 amide bonds. The summed E-state index contributed by atoms with van der Waals surface area (Å²) >= 11 is 5.69. The predicted molar refractivity (Wildman–Crippen MR) is 57.8 cm³/mol. The second-order valence-corrected chi connectivity index (χ2v) is 4.11. The molecule has 1 aliphatic carbocycles. The summed E-state index contributed by atoms with van der Waals surface area (Å²) in [5.41, 5.74) is -0.153. The molecule has 1 aromatic rings. The van der Waals surface area contributed by atoms with Gasteiger partial charge in [-0.05, 0) is 6.42 Å². The van der Waals surface area contributed by atoms with E-state index in [-0.39, 0.29) is 22.8 Å². The Kier molecular flexibility index (Phi) is 2.97. The van der Waals surface area contributed by atoms with Gasteiger partial charge < -0.3 is 10.4 Å². The van der Waals surface area contributed by atoms with Crippen LogP contribution in [-0.4, -0.2) is 28.1 Å². The van der Waals surface area contributed by atoms with Crippen LogP contribution in [0.3, 0.4) is 0 Å². The molecule has 1 saturated carbocycles. The minimum Gasteiger partial charge on any atom is -0.478 e. The van der Waals surface area contributed by atoms with Gasteiger partial charge in [-0.1, -0.05) is 11.6 Å². The zero-order valence-electron chi connectivity index (χ0n) is 8.48. The maximum atomic E-state index is 12.6. The van der Waals surface area contributed by atoms with E-state index in [1.165, 1.54) is 6.07 Å². The molecular weight excluding hydrogens is 251 g/mol. The lowest BCUT2D eigenvalue weighted by molar-refractivity contribution is -0.117. The molecular formula is C10H8ClFN2O3. The van der Waals surface area contributed by atoms with E-state index < -0.39 is 24.0 Å². The third-order valence-electron chi connectivity index (χ3n) is 2.38. The van der Waals surface area contributed by atoms with Gasteiger partial charge in [0.1, 0.15) is 12.0 Å². The number of nitrogens with one attached hydrogen (secondary N) is 1. The number of hydrogen-bond donors (Lipinski definition) is 2. The van der Waals surface area contributed by atoms with Crippen LogP contribution in [0.1, 0.15) is 16.8 Å². The van der Waals surface area contributed by atoms with Gasteiger partial charge in [-0.3, -0.25) is 4.79 Å². The maximum Gasteiger partial charge on any atom is 0.338 e. The van der Waals surface area contributed by atoms with E-state index in [1.54, 1.807) is 0 Å². The molecule has 2 atom stereocenters. The topological polar surface area (TPSA) is 79.3 Å². The molecule has 5 nitrogen and oxygen atoms in total. The van der Waals surface area contributed by atoms with Crippen LogP contribution in [0.15, 0.2) is 12.3 Å². The summed E-state index contributed by atoms with van der Waals surface area (Å²) in [5, 5.41) is 11.1. The molecule has 2 rings (SSSR count). The Morgan fingerprint density at radius 3 is 2.71 bits per heavy atom. The van der Waals surface area contributed by atoms with Crippen molar-refractivity contribution >= 4 is 29.3 Å². The standard InChI is InChI=1S/C10H8ClFN2O3/c11-6-2-8(13-3-5(6)10(16)17)14-9(15)4-1-7(4)12/h2-4,7H,1H2,(H,16,17)(H,13,14,15)/t4-,7+/m1/s1. The zero-order chi connectivity index (χ0) is 12.6. The van der Waals surface area contributed by atoms with Crippen LogP contribution < -0.4 is 5.32 Å². The van der Waals surface area contributed by atoms with Crippen LogP contribution in [0.25, 0.3) is 0 Å². The number of rotatable bonds is 3. The monoisotopic (exact) mass is 258 g/mol. The van der Waals surface area contributed by atoms with Gasteiger partial charge >= 0.3 is 5.97 Å². The Hall–Kier alpha value is -1.69. The van der Waals surface area contributed by atoms with Gasteiger partial charge in [0.05, 0.1) is 16.5 Å². The predicted octanol–water partition coefficient (Wildman–Crippen LogP) is 1.73. The van der Waals surface area contributed by atoms with Crippen molar-refractivity contribution in [2.75, 3.05) is 5.32 Å². The molecule has 0 spiro atoms. The highest BCUT2D eigenvalue weighted by Crippen LogP contribution is 2.34. The molecule has 1 fully saturated rings. The second-order valence-electron chi connectivity index (χ2n) is 3.70. The van der Waals surface area contributed by atoms with Crippen molar-refractivity contribution in [2.24, 2.45) is 5.92 Å². The molecule has 0 radical (unpaired) electrons. The summed E-state index contributed by atoms with van der Waals surface area (Å²) in [6.07, 6.45) is 0.163. The van der Waals surface area contributed by atoms with E-state index in [0.717, 1.165) is 6.20 Å². The largest absolute Gasteiger partial charge is 0.478 e. The highest BCUT2D eigenvalue weighted by atomic mass is 35.5. The molecule has 1 aliphatic rings. The van der Waals surface area contributed by atoms with Crippen molar-refractivity contribution in [3.05, 3.63) is 22.8 Å². The molecule has 0 unspecified atom stereocenters. The summed E-state index contributed by atoms with van der Waals surface area (Å²) in [5.74, 6) is -2.19. The first kappa shape index (κ1) is 11.8. The van der Waals surface area contributed by atoms with Crippen molar-refractivity contribution in [3.63, 3.8) is 0 Å². The Morgan fingerprint density at radius 2 is 2.24 bits per heavy atom. The summed E-state index contributed by atoms with van der Waals surface area (Å²) in [6.45, 7) is 0. The maximum absolute atomic E-state index is 12.6. The molecule has 0 aliphatic heterocycles. The number of carbonyl (C=O) groups is 2. The summed E-state index contributed by atoms with van der Waals surface area (Å²) < 4.78 is 12.6. The minimum absolute atomic E-state index is 0.0320. The van der Waals surface area contributed by atoms with Gasteiger partial charge in [-0.2, -0.15) is 0 Å². The van der Waals surface area contributed by atoms with E-state index in [1.807, 2.05) is 0 Å². The lowest BCUT2D eigenvalue weighted by atomic mass is 10.3. The Bertz CT molecular complexity index is 494. The van der Waals surface area contributed by atoms with E-state index >= 15 is 0 Å².